The highest BCUT2D eigenvalue weighted by molar-refractivity contribution is 5.92. The summed E-state index contributed by atoms with van der Waals surface area (Å²) < 4.78 is 7.29. The molecule has 0 radical (unpaired) electrons. The number of carbonyl (C=O) groups excluding carboxylic acids is 1. The maximum Gasteiger partial charge on any atom is 0.278 e. The summed E-state index contributed by atoms with van der Waals surface area (Å²) in [6.07, 6.45) is 0.808. The van der Waals surface area contributed by atoms with Gasteiger partial charge in [-0.3, -0.25) is 14.5 Å². The first-order chi connectivity index (χ1) is 13.9. The highest BCUT2D eigenvalue weighted by atomic mass is 16.5. The van der Waals surface area contributed by atoms with Gasteiger partial charge in [0.1, 0.15) is 0 Å². The number of hydrogen-bond acceptors (Lipinski definition) is 5. The van der Waals surface area contributed by atoms with Crippen LogP contribution in [0.4, 0.5) is 0 Å². The zero-order valence-corrected chi connectivity index (χ0v) is 17.7. The molecular formula is C22H30N4O3. The van der Waals surface area contributed by atoms with Crippen LogP contribution in [-0.4, -0.2) is 64.3 Å². The Morgan fingerprint density at radius 1 is 1.14 bits per heavy atom. The molecule has 3 rings (SSSR count). The number of piperazine rings is 1. The van der Waals surface area contributed by atoms with Crippen LogP contribution in [-0.2, 0) is 0 Å². The Morgan fingerprint density at radius 2 is 1.79 bits per heavy atom. The van der Waals surface area contributed by atoms with Gasteiger partial charge in [-0.15, -0.1) is 0 Å². The van der Waals surface area contributed by atoms with E-state index in [1.165, 1.54) is 6.07 Å². The van der Waals surface area contributed by atoms with Crippen molar-refractivity contribution in [3.8, 4) is 11.6 Å². The molecule has 1 aromatic heterocycles. The smallest absolute Gasteiger partial charge is 0.278 e. The quantitative estimate of drug-likeness (QED) is 0.748. The average Bonchev–Trinajstić information content (AvgIpc) is 2.72. The van der Waals surface area contributed by atoms with E-state index in [-0.39, 0.29) is 11.6 Å². The minimum atomic E-state index is -0.407. The monoisotopic (exact) mass is 398 g/mol. The molecule has 1 fully saturated rings. The maximum absolute atomic E-state index is 13.1. The van der Waals surface area contributed by atoms with Crippen molar-refractivity contribution in [1.29, 1.82) is 0 Å². The number of amides is 1. The molecule has 1 aliphatic heterocycles. The maximum atomic E-state index is 13.1. The number of rotatable bonds is 6. The van der Waals surface area contributed by atoms with Crippen LogP contribution in [0, 0.1) is 6.92 Å². The van der Waals surface area contributed by atoms with E-state index in [0.29, 0.717) is 31.6 Å². The van der Waals surface area contributed by atoms with Gasteiger partial charge in [0.2, 0.25) is 11.3 Å². The molecule has 2 aromatic rings. The summed E-state index contributed by atoms with van der Waals surface area (Å²) in [5, 5.41) is 4.43. The SMILES string of the molecule is CCCOc1cc(=O)c(C(=O)N2CCN(C(C)C)CC2)nn1-c1ccc(C)cc1. The van der Waals surface area contributed by atoms with E-state index in [1.54, 1.807) is 9.58 Å². The Kier molecular flexibility index (Phi) is 6.69. The standard InChI is InChI=1S/C22H30N4O3/c1-5-14-29-20-15-19(27)21(23-26(20)18-8-6-17(4)7-9-18)22(28)25-12-10-24(11-13-25)16(2)3/h6-9,15-16H,5,10-14H2,1-4H3. The largest absolute Gasteiger partial charge is 0.478 e. The Hall–Kier alpha value is -2.67. The molecule has 1 aromatic carbocycles. The fraction of sp³-hybridized carbons (Fsp3) is 0.500. The van der Waals surface area contributed by atoms with Gasteiger partial charge in [0.25, 0.3) is 5.91 Å². The molecule has 1 saturated heterocycles. The molecule has 156 valence electrons. The molecule has 2 heterocycles. The van der Waals surface area contributed by atoms with E-state index in [1.807, 2.05) is 38.1 Å². The lowest BCUT2D eigenvalue weighted by molar-refractivity contribution is 0.0586. The zero-order chi connectivity index (χ0) is 21.0. The van der Waals surface area contributed by atoms with Crippen LogP contribution in [0.25, 0.3) is 5.69 Å². The number of carbonyl (C=O) groups is 1. The zero-order valence-electron chi connectivity index (χ0n) is 17.7. The first-order valence-electron chi connectivity index (χ1n) is 10.3. The van der Waals surface area contributed by atoms with E-state index in [0.717, 1.165) is 30.8 Å². The van der Waals surface area contributed by atoms with Crippen LogP contribution in [0.2, 0.25) is 0 Å². The molecule has 0 aliphatic carbocycles. The number of nitrogens with zero attached hydrogens (tertiary/aromatic N) is 4. The van der Waals surface area contributed by atoms with Crippen molar-refractivity contribution in [2.24, 2.45) is 0 Å². The molecule has 7 nitrogen and oxygen atoms in total. The van der Waals surface area contributed by atoms with Crippen molar-refractivity contribution in [2.45, 2.75) is 40.2 Å². The predicted molar refractivity (Wildman–Crippen MR) is 113 cm³/mol. The lowest BCUT2D eigenvalue weighted by Crippen LogP contribution is -2.51. The summed E-state index contributed by atoms with van der Waals surface area (Å²) >= 11 is 0. The molecule has 0 spiro atoms. The first kappa shape index (κ1) is 21.0. The highest BCUT2D eigenvalue weighted by Gasteiger charge is 2.27. The Labute approximate surface area is 171 Å². The van der Waals surface area contributed by atoms with Gasteiger partial charge in [0.05, 0.1) is 18.4 Å². The second-order valence-corrected chi connectivity index (χ2v) is 7.71. The molecule has 0 saturated carbocycles. The van der Waals surface area contributed by atoms with Gasteiger partial charge in [-0.05, 0) is 39.3 Å². The van der Waals surface area contributed by atoms with E-state index in [4.69, 9.17) is 4.74 Å². The number of benzene rings is 1. The van der Waals surface area contributed by atoms with Crippen molar-refractivity contribution >= 4 is 5.91 Å². The summed E-state index contributed by atoms with van der Waals surface area (Å²) in [5.41, 5.74) is 1.40. The van der Waals surface area contributed by atoms with Crippen LogP contribution in [0.5, 0.6) is 5.88 Å². The van der Waals surface area contributed by atoms with Gasteiger partial charge < -0.3 is 9.64 Å². The van der Waals surface area contributed by atoms with Crippen LogP contribution >= 0.6 is 0 Å². The van der Waals surface area contributed by atoms with Crippen LogP contribution in [0.15, 0.2) is 35.1 Å². The predicted octanol–water partition coefficient (Wildman–Crippen LogP) is 2.50. The topological polar surface area (TPSA) is 67.7 Å². The Bertz CT molecular complexity index is 897. The Morgan fingerprint density at radius 3 is 2.38 bits per heavy atom. The molecule has 7 heteroatoms. The van der Waals surface area contributed by atoms with Crippen molar-refractivity contribution in [2.75, 3.05) is 32.8 Å². The van der Waals surface area contributed by atoms with Crippen molar-refractivity contribution in [1.82, 2.24) is 19.6 Å². The molecule has 29 heavy (non-hydrogen) atoms. The average molecular weight is 399 g/mol. The van der Waals surface area contributed by atoms with E-state index >= 15 is 0 Å². The molecule has 0 N–H and O–H groups in total. The molecule has 1 aliphatic rings. The summed E-state index contributed by atoms with van der Waals surface area (Å²) in [4.78, 5) is 29.8. The lowest BCUT2D eigenvalue weighted by Gasteiger charge is -2.36. The number of hydrogen-bond donors (Lipinski definition) is 0. The molecule has 0 atom stereocenters. The fourth-order valence-corrected chi connectivity index (χ4v) is 3.36. The van der Waals surface area contributed by atoms with Gasteiger partial charge in [-0.2, -0.15) is 5.10 Å². The van der Waals surface area contributed by atoms with Crippen LogP contribution < -0.4 is 10.2 Å². The molecule has 1 amide bonds. The summed E-state index contributed by atoms with van der Waals surface area (Å²) in [7, 11) is 0. The first-order valence-corrected chi connectivity index (χ1v) is 10.3. The van der Waals surface area contributed by atoms with Crippen LogP contribution in [0.1, 0.15) is 43.2 Å². The van der Waals surface area contributed by atoms with Gasteiger partial charge in [0, 0.05) is 32.2 Å². The van der Waals surface area contributed by atoms with Crippen molar-refractivity contribution in [3.63, 3.8) is 0 Å². The fourth-order valence-electron chi connectivity index (χ4n) is 3.36. The van der Waals surface area contributed by atoms with Gasteiger partial charge in [-0.25, -0.2) is 4.68 Å². The molecule has 0 bridgehead atoms. The second-order valence-electron chi connectivity index (χ2n) is 7.71. The lowest BCUT2D eigenvalue weighted by atomic mass is 10.2. The third kappa shape index (κ3) is 4.85. The van der Waals surface area contributed by atoms with E-state index < -0.39 is 5.43 Å². The van der Waals surface area contributed by atoms with Gasteiger partial charge in [0.15, 0.2) is 5.69 Å². The van der Waals surface area contributed by atoms with E-state index in [9.17, 15) is 9.59 Å². The van der Waals surface area contributed by atoms with Gasteiger partial charge in [-0.1, -0.05) is 24.6 Å². The van der Waals surface area contributed by atoms with Crippen LogP contribution in [0.3, 0.4) is 0 Å². The van der Waals surface area contributed by atoms with Crippen molar-refractivity contribution < 1.29 is 9.53 Å². The summed E-state index contributed by atoms with van der Waals surface area (Å²) in [5.74, 6) is 0.0307. The normalized spacial score (nSPS) is 15.0. The third-order valence-corrected chi connectivity index (χ3v) is 5.16. The van der Waals surface area contributed by atoms with E-state index in [2.05, 4.69) is 23.8 Å². The number of aryl methyl sites for hydroxylation is 1. The number of ether oxygens (including phenoxy) is 1. The molecule has 0 unspecified atom stereocenters. The summed E-state index contributed by atoms with van der Waals surface area (Å²) in [6, 6.07) is 9.55. The van der Waals surface area contributed by atoms with Crippen molar-refractivity contribution in [3.05, 3.63) is 51.8 Å². The third-order valence-electron chi connectivity index (χ3n) is 5.16. The Balaban J connectivity index is 1.93. The number of aromatic nitrogens is 2. The highest BCUT2D eigenvalue weighted by Crippen LogP contribution is 2.17. The minimum Gasteiger partial charge on any atom is -0.478 e. The van der Waals surface area contributed by atoms with Gasteiger partial charge >= 0.3 is 0 Å². The second kappa shape index (κ2) is 9.22. The molecular weight excluding hydrogens is 368 g/mol. The minimum absolute atomic E-state index is 0.0626. The summed E-state index contributed by atoms with van der Waals surface area (Å²) in [6.45, 7) is 11.5.